The largest absolute Gasteiger partial charge is 3.00 e. The van der Waals surface area contributed by atoms with Crippen LogP contribution >= 0.6 is 0 Å². The van der Waals surface area contributed by atoms with Gasteiger partial charge in [0.25, 0.3) is 0 Å². The molecule has 0 aliphatic rings. The van der Waals surface area contributed by atoms with E-state index in [1.54, 1.807) is 0 Å². The van der Waals surface area contributed by atoms with Gasteiger partial charge in [-0.05, 0) is 29.6 Å². The van der Waals surface area contributed by atoms with Crippen LogP contribution in [0.5, 0.6) is 0 Å². The van der Waals surface area contributed by atoms with Crippen LogP contribution in [-0.4, -0.2) is 0 Å². The summed E-state index contributed by atoms with van der Waals surface area (Å²) in [5.74, 6) is 1.64. The van der Waals surface area contributed by atoms with Crippen molar-refractivity contribution in [1.29, 1.82) is 0 Å². The summed E-state index contributed by atoms with van der Waals surface area (Å²) in [5, 5.41) is 0. The molecule has 0 bridgehead atoms. The molecule has 0 aliphatic heterocycles. The van der Waals surface area contributed by atoms with E-state index in [0.717, 1.165) is 18.3 Å². The van der Waals surface area contributed by atoms with Gasteiger partial charge in [0, 0.05) is 0 Å². The fraction of sp³-hybridized carbons (Fsp3) is 0.944. The maximum Gasteiger partial charge on any atom is 3.00 e. The zero-order valence-electron chi connectivity index (χ0n) is 15.4. The summed E-state index contributed by atoms with van der Waals surface area (Å²) in [6.45, 7) is 20.8. The van der Waals surface area contributed by atoms with Crippen molar-refractivity contribution in [1.82, 2.24) is 0 Å². The van der Waals surface area contributed by atoms with Crippen LogP contribution < -0.4 is 24.8 Å². The number of halogens is 2. The van der Waals surface area contributed by atoms with Crippen LogP contribution in [0.1, 0.15) is 87.0 Å². The molecule has 0 nitrogen and oxygen atoms in total. The first-order valence-electron chi connectivity index (χ1n) is 7.92. The Morgan fingerprint density at radius 3 is 1.43 bits per heavy atom. The topological polar surface area (TPSA) is 0 Å². The van der Waals surface area contributed by atoms with Crippen LogP contribution in [0.3, 0.4) is 0 Å². The van der Waals surface area contributed by atoms with E-state index in [0.29, 0.717) is 10.8 Å². The van der Waals surface area contributed by atoms with E-state index in [1.165, 1.54) is 32.1 Å². The zero-order chi connectivity index (χ0) is 14.4. The molecule has 0 saturated heterocycles. The third-order valence-corrected chi connectivity index (χ3v) is 4.57. The minimum Gasteiger partial charge on any atom is -1.00 e. The molecule has 0 spiro atoms. The van der Waals surface area contributed by atoms with Gasteiger partial charge in [-0.15, -0.1) is 0 Å². The van der Waals surface area contributed by atoms with Crippen LogP contribution in [0, 0.1) is 29.6 Å². The Balaban J connectivity index is -0.000000482. The molecule has 3 heteroatoms. The molecule has 0 aromatic heterocycles. The number of hydrogen-bond acceptors (Lipinski definition) is 0. The van der Waals surface area contributed by atoms with Crippen LogP contribution in [0.25, 0.3) is 0 Å². The van der Waals surface area contributed by atoms with Crippen LogP contribution in [0.4, 0.5) is 0 Å². The summed E-state index contributed by atoms with van der Waals surface area (Å²) in [5.41, 5.74) is 0.869. The summed E-state index contributed by atoms with van der Waals surface area (Å²) in [7, 11) is 0. The molecule has 0 N–H and O–H groups in total. The van der Waals surface area contributed by atoms with Gasteiger partial charge in [-0.25, -0.2) is 0 Å². The molecule has 0 aromatic rings. The SMILES string of the molecule is [CH2-]CC(CCC(CCCC)C(C)(C)C)C(C)(C)C.[Cl-].[Cl-].[Zr+3]. The Morgan fingerprint density at radius 1 is 0.762 bits per heavy atom. The molecule has 0 aliphatic carbocycles. The van der Waals surface area contributed by atoms with Gasteiger partial charge < -0.3 is 31.7 Å². The van der Waals surface area contributed by atoms with E-state index >= 15 is 0 Å². The minimum atomic E-state index is 0. The molecule has 2 unspecified atom stereocenters. The Morgan fingerprint density at radius 2 is 1.14 bits per heavy atom. The molecular formula is C18H37Cl2Zr. The quantitative estimate of drug-likeness (QED) is 0.532. The first-order valence-corrected chi connectivity index (χ1v) is 7.92. The molecule has 0 rings (SSSR count). The Bertz CT molecular complexity index is 216. The standard InChI is InChI=1S/C18H37.2ClH.Zr/c1-9-11-12-16(18(6,7)8)14-13-15(10-2)17(3,4)5;;;/h15-16H,2,9-14H2,1,3-8H3;2*1H;/q-1;;;+3/p-2. The summed E-state index contributed by atoms with van der Waals surface area (Å²) in [6.07, 6.45) is 7.90. The molecule has 1 radical (unpaired) electrons. The Kier molecular flexibility index (Phi) is 20.0. The van der Waals surface area contributed by atoms with Crippen molar-refractivity contribution in [2.75, 3.05) is 0 Å². The molecular weight excluding hydrogens is 378 g/mol. The first-order chi connectivity index (χ1) is 8.12. The van der Waals surface area contributed by atoms with E-state index in [4.69, 9.17) is 0 Å². The molecule has 21 heavy (non-hydrogen) atoms. The van der Waals surface area contributed by atoms with Gasteiger partial charge >= 0.3 is 26.2 Å². The fourth-order valence-electron chi connectivity index (χ4n) is 2.87. The number of rotatable bonds is 7. The first kappa shape index (κ1) is 30.4. The van der Waals surface area contributed by atoms with Gasteiger partial charge in [0.1, 0.15) is 0 Å². The summed E-state index contributed by atoms with van der Waals surface area (Å²) >= 11 is 0. The molecule has 0 fully saturated rings. The van der Waals surface area contributed by atoms with Crippen molar-refractivity contribution in [3.05, 3.63) is 6.92 Å². The third-order valence-electron chi connectivity index (χ3n) is 4.57. The van der Waals surface area contributed by atoms with Crippen molar-refractivity contribution in [3.63, 3.8) is 0 Å². The Labute approximate surface area is 166 Å². The molecule has 0 amide bonds. The molecule has 2 atom stereocenters. The fourth-order valence-corrected chi connectivity index (χ4v) is 2.87. The van der Waals surface area contributed by atoms with E-state index in [2.05, 4.69) is 55.4 Å². The molecule has 127 valence electrons. The molecule has 0 saturated carbocycles. The van der Waals surface area contributed by atoms with Crippen molar-refractivity contribution in [2.45, 2.75) is 87.0 Å². The Hall–Kier alpha value is 1.46. The average molecular weight is 416 g/mol. The predicted molar refractivity (Wildman–Crippen MR) is 84.6 cm³/mol. The maximum absolute atomic E-state index is 4.15. The minimum absolute atomic E-state index is 0. The molecule has 0 aromatic carbocycles. The van der Waals surface area contributed by atoms with Crippen LogP contribution in [0.2, 0.25) is 0 Å². The van der Waals surface area contributed by atoms with Gasteiger partial charge in [0.15, 0.2) is 0 Å². The second kappa shape index (κ2) is 13.9. The summed E-state index contributed by atoms with van der Waals surface area (Å²) < 4.78 is 0. The second-order valence-electron chi connectivity index (χ2n) is 8.13. The van der Waals surface area contributed by atoms with Gasteiger partial charge in [-0.3, -0.25) is 0 Å². The van der Waals surface area contributed by atoms with Crippen molar-refractivity contribution in [2.24, 2.45) is 22.7 Å². The number of hydrogen-bond donors (Lipinski definition) is 0. The number of unbranched alkanes of at least 4 members (excludes halogenated alkanes) is 1. The molecule has 0 heterocycles. The maximum atomic E-state index is 4.15. The second-order valence-corrected chi connectivity index (χ2v) is 8.13. The van der Waals surface area contributed by atoms with E-state index in [9.17, 15) is 0 Å². The zero-order valence-corrected chi connectivity index (χ0v) is 19.3. The summed E-state index contributed by atoms with van der Waals surface area (Å²) in [4.78, 5) is 0. The average Bonchev–Trinajstić information content (AvgIpc) is 2.19. The van der Waals surface area contributed by atoms with Crippen LogP contribution in [0.15, 0.2) is 0 Å². The normalized spacial score (nSPS) is 14.3. The smallest absolute Gasteiger partial charge is 1.00 e. The van der Waals surface area contributed by atoms with E-state index < -0.39 is 0 Å². The van der Waals surface area contributed by atoms with Crippen molar-refractivity contribution in [3.8, 4) is 0 Å². The van der Waals surface area contributed by atoms with Gasteiger partial charge in [0.2, 0.25) is 0 Å². The monoisotopic (exact) mass is 413 g/mol. The predicted octanol–water partition coefficient (Wildman–Crippen LogP) is 0.511. The van der Waals surface area contributed by atoms with Crippen LogP contribution in [-0.2, 0) is 26.2 Å². The van der Waals surface area contributed by atoms with E-state index in [-0.39, 0.29) is 51.0 Å². The van der Waals surface area contributed by atoms with Crippen molar-refractivity contribution >= 4 is 0 Å². The van der Waals surface area contributed by atoms with Gasteiger partial charge in [-0.2, -0.15) is 6.42 Å². The van der Waals surface area contributed by atoms with Gasteiger partial charge in [0.05, 0.1) is 0 Å². The third kappa shape index (κ3) is 13.6. The van der Waals surface area contributed by atoms with E-state index in [1.807, 2.05) is 0 Å². The summed E-state index contributed by atoms with van der Waals surface area (Å²) in [6, 6.07) is 0. The van der Waals surface area contributed by atoms with Gasteiger partial charge in [-0.1, -0.05) is 73.6 Å². The van der Waals surface area contributed by atoms with Crippen molar-refractivity contribution < 1.29 is 51.0 Å².